The second-order valence-corrected chi connectivity index (χ2v) is 4.55. The molecule has 2 aromatic rings. The van der Waals surface area contributed by atoms with Crippen molar-refractivity contribution in [2.45, 2.75) is 25.2 Å². The van der Waals surface area contributed by atoms with Crippen molar-refractivity contribution >= 4 is 5.95 Å². The lowest BCUT2D eigenvalue weighted by Gasteiger charge is -2.23. The van der Waals surface area contributed by atoms with Gasteiger partial charge in [-0.1, -0.05) is 30.3 Å². The number of aryl methyl sites for hydroxylation is 1. The maximum absolute atomic E-state index is 5.61. The molecule has 0 spiro atoms. The molecule has 0 fully saturated rings. The van der Waals surface area contributed by atoms with E-state index in [9.17, 15) is 0 Å². The Morgan fingerprint density at radius 1 is 1.18 bits per heavy atom. The van der Waals surface area contributed by atoms with Gasteiger partial charge < -0.3 is 5.73 Å². The van der Waals surface area contributed by atoms with Gasteiger partial charge in [-0.3, -0.25) is 0 Å². The first-order valence-electron chi connectivity index (χ1n) is 5.98. The van der Waals surface area contributed by atoms with Crippen molar-refractivity contribution < 1.29 is 0 Å². The van der Waals surface area contributed by atoms with Crippen LogP contribution in [0.5, 0.6) is 0 Å². The Kier molecular flexibility index (Phi) is 2.52. The predicted octanol–water partition coefficient (Wildman–Crippen LogP) is 2.33. The molecule has 0 aliphatic heterocycles. The van der Waals surface area contributed by atoms with E-state index in [0.29, 0.717) is 11.9 Å². The van der Waals surface area contributed by atoms with E-state index in [4.69, 9.17) is 5.73 Å². The van der Waals surface area contributed by atoms with Crippen LogP contribution in [0.15, 0.2) is 36.5 Å². The zero-order valence-corrected chi connectivity index (χ0v) is 9.63. The van der Waals surface area contributed by atoms with Crippen LogP contribution in [0, 0.1) is 0 Å². The summed E-state index contributed by atoms with van der Waals surface area (Å²) in [5.41, 5.74) is 9.40. The van der Waals surface area contributed by atoms with Crippen LogP contribution in [0.3, 0.4) is 0 Å². The first kappa shape index (κ1) is 10.3. The molecule has 0 bridgehead atoms. The lowest BCUT2D eigenvalue weighted by atomic mass is 9.83. The van der Waals surface area contributed by atoms with Crippen molar-refractivity contribution in [1.82, 2.24) is 9.97 Å². The van der Waals surface area contributed by atoms with E-state index < -0.39 is 0 Å². The fourth-order valence-corrected chi connectivity index (χ4v) is 2.53. The highest BCUT2D eigenvalue weighted by Gasteiger charge is 2.21. The summed E-state index contributed by atoms with van der Waals surface area (Å²) in [5, 5.41) is 0. The molecule has 3 rings (SSSR count). The van der Waals surface area contributed by atoms with Gasteiger partial charge in [0.15, 0.2) is 0 Å². The number of nitrogens with zero attached hydrogens (tertiary/aromatic N) is 2. The molecule has 1 aliphatic carbocycles. The van der Waals surface area contributed by atoms with Gasteiger partial charge in [0.1, 0.15) is 0 Å². The molecule has 0 amide bonds. The molecule has 1 atom stereocenters. The van der Waals surface area contributed by atoms with Gasteiger partial charge in [0.25, 0.3) is 0 Å². The summed E-state index contributed by atoms with van der Waals surface area (Å²) in [4.78, 5) is 8.40. The van der Waals surface area contributed by atoms with Crippen LogP contribution in [-0.4, -0.2) is 9.97 Å². The summed E-state index contributed by atoms with van der Waals surface area (Å²) >= 11 is 0. The summed E-state index contributed by atoms with van der Waals surface area (Å²) in [6.45, 7) is 0. The Morgan fingerprint density at radius 3 is 2.82 bits per heavy atom. The normalized spacial score (nSPS) is 18.7. The molecule has 0 saturated carbocycles. The molecular formula is C14H15N3. The van der Waals surface area contributed by atoms with Crippen LogP contribution < -0.4 is 5.73 Å². The fraction of sp³-hybridized carbons (Fsp3) is 0.286. The van der Waals surface area contributed by atoms with Crippen LogP contribution in [-0.2, 0) is 12.8 Å². The minimum atomic E-state index is 0.391. The highest BCUT2D eigenvalue weighted by atomic mass is 15.0. The van der Waals surface area contributed by atoms with Gasteiger partial charge in [0.05, 0.1) is 0 Å². The van der Waals surface area contributed by atoms with Crippen LogP contribution in [0.25, 0.3) is 0 Å². The van der Waals surface area contributed by atoms with Crippen LogP contribution >= 0.6 is 0 Å². The van der Waals surface area contributed by atoms with Crippen LogP contribution in [0.4, 0.5) is 5.95 Å². The number of benzene rings is 1. The minimum Gasteiger partial charge on any atom is -0.368 e. The Labute approximate surface area is 101 Å². The molecule has 1 aromatic carbocycles. The Hall–Kier alpha value is -1.90. The monoisotopic (exact) mass is 225 g/mol. The zero-order valence-electron chi connectivity index (χ0n) is 9.63. The van der Waals surface area contributed by atoms with Crippen LogP contribution in [0.1, 0.15) is 29.2 Å². The topological polar surface area (TPSA) is 51.8 Å². The van der Waals surface area contributed by atoms with Crippen LogP contribution in [0.2, 0.25) is 0 Å². The Balaban J connectivity index is 1.88. The maximum atomic E-state index is 5.61. The average molecular weight is 225 g/mol. The van der Waals surface area contributed by atoms with Gasteiger partial charge in [0.2, 0.25) is 5.95 Å². The van der Waals surface area contributed by atoms with E-state index in [0.717, 1.165) is 25.0 Å². The Morgan fingerprint density at radius 2 is 2.00 bits per heavy atom. The molecule has 3 nitrogen and oxygen atoms in total. The summed E-state index contributed by atoms with van der Waals surface area (Å²) in [5.74, 6) is 0.984. The third-order valence-electron chi connectivity index (χ3n) is 3.44. The number of hydrogen-bond acceptors (Lipinski definition) is 3. The molecule has 0 radical (unpaired) electrons. The van der Waals surface area contributed by atoms with E-state index in [1.807, 2.05) is 6.20 Å². The number of rotatable bonds is 1. The van der Waals surface area contributed by atoms with Gasteiger partial charge in [-0.15, -0.1) is 0 Å². The quantitative estimate of drug-likeness (QED) is 0.810. The number of fused-ring (bicyclic) bond motifs is 1. The second kappa shape index (κ2) is 4.17. The van der Waals surface area contributed by atoms with E-state index >= 15 is 0 Å². The summed E-state index contributed by atoms with van der Waals surface area (Å²) < 4.78 is 0. The van der Waals surface area contributed by atoms with Gasteiger partial charge >= 0.3 is 0 Å². The molecule has 1 heterocycles. The molecule has 0 saturated heterocycles. The van der Waals surface area contributed by atoms with E-state index in [1.165, 1.54) is 11.1 Å². The summed E-state index contributed by atoms with van der Waals surface area (Å²) in [6.07, 6.45) is 5.06. The van der Waals surface area contributed by atoms with Gasteiger partial charge in [0, 0.05) is 11.9 Å². The van der Waals surface area contributed by atoms with E-state index in [1.54, 1.807) is 0 Å². The average Bonchev–Trinajstić information content (AvgIpc) is 2.39. The van der Waals surface area contributed by atoms with Gasteiger partial charge in [-0.05, 0) is 36.3 Å². The summed E-state index contributed by atoms with van der Waals surface area (Å²) in [7, 11) is 0. The smallest absolute Gasteiger partial charge is 0.220 e. The maximum Gasteiger partial charge on any atom is 0.220 e. The molecule has 3 heteroatoms. The van der Waals surface area contributed by atoms with Crippen molar-refractivity contribution in [1.29, 1.82) is 0 Å². The van der Waals surface area contributed by atoms with Crippen molar-refractivity contribution in [2.75, 3.05) is 5.73 Å². The lowest BCUT2D eigenvalue weighted by molar-refractivity contribution is 0.572. The van der Waals surface area contributed by atoms with Crippen molar-refractivity contribution in [3.05, 3.63) is 53.3 Å². The number of nitrogen functional groups attached to an aromatic ring is 1. The molecule has 1 aliphatic rings. The number of anilines is 1. The van der Waals surface area contributed by atoms with Gasteiger partial charge in [-0.25, -0.2) is 9.97 Å². The van der Waals surface area contributed by atoms with Crippen molar-refractivity contribution in [3.8, 4) is 0 Å². The molecule has 2 N–H and O–H groups in total. The first-order valence-corrected chi connectivity index (χ1v) is 5.98. The number of nitrogens with two attached hydrogens (primary N) is 1. The standard InChI is InChI=1S/C14H15N3/c15-14-16-9-12-8-11(6-7-13(12)17-14)10-4-2-1-3-5-10/h1-5,9,11H,6-8H2,(H2,15,16,17). The highest BCUT2D eigenvalue weighted by molar-refractivity contribution is 5.31. The van der Waals surface area contributed by atoms with E-state index in [2.05, 4.69) is 40.3 Å². The fourth-order valence-electron chi connectivity index (χ4n) is 2.53. The summed E-state index contributed by atoms with van der Waals surface area (Å²) in [6, 6.07) is 10.7. The molecule has 86 valence electrons. The lowest BCUT2D eigenvalue weighted by Crippen LogP contribution is -2.15. The minimum absolute atomic E-state index is 0.391. The van der Waals surface area contributed by atoms with Gasteiger partial charge in [-0.2, -0.15) is 0 Å². The number of aromatic nitrogens is 2. The second-order valence-electron chi connectivity index (χ2n) is 4.55. The molecule has 17 heavy (non-hydrogen) atoms. The Bertz CT molecular complexity index is 522. The molecule has 1 aromatic heterocycles. The molecular weight excluding hydrogens is 210 g/mol. The SMILES string of the molecule is Nc1ncc2c(n1)CCC(c1ccccc1)C2. The molecule has 1 unspecified atom stereocenters. The van der Waals surface area contributed by atoms with E-state index in [-0.39, 0.29) is 0 Å². The third-order valence-corrected chi connectivity index (χ3v) is 3.44. The third kappa shape index (κ3) is 2.00. The van der Waals surface area contributed by atoms with Crippen molar-refractivity contribution in [2.24, 2.45) is 0 Å². The predicted molar refractivity (Wildman–Crippen MR) is 67.7 cm³/mol. The number of hydrogen-bond donors (Lipinski definition) is 1. The highest BCUT2D eigenvalue weighted by Crippen LogP contribution is 2.31. The largest absolute Gasteiger partial charge is 0.368 e. The van der Waals surface area contributed by atoms with Crippen molar-refractivity contribution in [3.63, 3.8) is 0 Å². The first-order chi connectivity index (χ1) is 8.33. The zero-order chi connectivity index (χ0) is 11.7.